The van der Waals surface area contributed by atoms with Crippen LogP contribution in [0.25, 0.3) is 0 Å². The first kappa shape index (κ1) is 9.70. The molecule has 0 heterocycles. The zero-order valence-electron chi connectivity index (χ0n) is 7.23. The molecule has 0 radical (unpaired) electrons. The second-order valence-electron chi connectivity index (χ2n) is 2.81. The Morgan fingerprint density at radius 2 is 2.00 bits per heavy atom. The van der Waals surface area contributed by atoms with Crippen LogP contribution in [-0.4, -0.2) is 11.9 Å². The fourth-order valence-corrected chi connectivity index (χ4v) is 1.09. The van der Waals surface area contributed by atoms with Crippen molar-refractivity contribution in [3.63, 3.8) is 0 Å². The summed E-state index contributed by atoms with van der Waals surface area (Å²) in [5, 5.41) is 0. The molecular weight excluding hydrogens is 166 g/mol. The van der Waals surface area contributed by atoms with Crippen LogP contribution < -0.4 is 17.0 Å². The molecule has 0 bridgehead atoms. The zero-order chi connectivity index (χ0) is 9.68. The Morgan fingerprint density at radius 1 is 1.38 bits per heavy atom. The van der Waals surface area contributed by atoms with Gasteiger partial charge in [0.2, 0.25) is 5.91 Å². The minimum absolute atomic E-state index is 0.439. The van der Waals surface area contributed by atoms with E-state index in [-0.39, 0.29) is 0 Å². The van der Waals surface area contributed by atoms with Crippen molar-refractivity contribution in [2.45, 2.75) is 12.5 Å². The summed E-state index contributed by atoms with van der Waals surface area (Å²) in [5.74, 6) is 4.73. The van der Waals surface area contributed by atoms with Gasteiger partial charge in [0, 0.05) is 0 Å². The van der Waals surface area contributed by atoms with Crippen molar-refractivity contribution in [3.05, 3.63) is 35.9 Å². The Labute approximate surface area is 76.9 Å². The third-order valence-corrected chi connectivity index (χ3v) is 1.83. The van der Waals surface area contributed by atoms with Crippen molar-refractivity contribution in [3.8, 4) is 0 Å². The van der Waals surface area contributed by atoms with Gasteiger partial charge < -0.3 is 5.73 Å². The van der Waals surface area contributed by atoms with E-state index in [1.807, 2.05) is 30.3 Å². The van der Waals surface area contributed by atoms with E-state index in [2.05, 4.69) is 5.43 Å². The highest BCUT2D eigenvalue weighted by atomic mass is 16.1. The second-order valence-corrected chi connectivity index (χ2v) is 2.81. The Bertz CT molecular complexity index is 273. The van der Waals surface area contributed by atoms with Crippen molar-refractivity contribution in [2.75, 3.05) is 0 Å². The maximum atomic E-state index is 10.8. The monoisotopic (exact) mass is 179 g/mol. The lowest BCUT2D eigenvalue weighted by Gasteiger charge is -2.11. The summed E-state index contributed by atoms with van der Waals surface area (Å²) in [6.07, 6.45) is 0.521. The Hall–Kier alpha value is -1.39. The molecular formula is C9H13N3O. The molecule has 4 heteroatoms. The summed E-state index contributed by atoms with van der Waals surface area (Å²) in [6.45, 7) is 0. The van der Waals surface area contributed by atoms with Crippen LogP contribution in [0.15, 0.2) is 30.3 Å². The average molecular weight is 179 g/mol. The van der Waals surface area contributed by atoms with Crippen LogP contribution in [-0.2, 0) is 11.2 Å². The van der Waals surface area contributed by atoms with E-state index in [1.54, 1.807) is 0 Å². The number of hydrogen-bond acceptors (Lipinski definition) is 3. The molecule has 0 aliphatic heterocycles. The molecule has 0 saturated carbocycles. The molecule has 0 aromatic heterocycles. The maximum Gasteiger partial charge on any atom is 0.236 e. The predicted molar refractivity (Wildman–Crippen MR) is 50.5 cm³/mol. The third kappa shape index (κ3) is 2.85. The molecule has 70 valence electrons. The molecule has 1 amide bonds. The highest BCUT2D eigenvalue weighted by molar-refractivity contribution is 5.80. The molecule has 4 nitrogen and oxygen atoms in total. The van der Waals surface area contributed by atoms with E-state index in [9.17, 15) is 4.79 Å². The normalized spacial score (nSPS) is 12.4. The fourth-order valence-electron chi connectivity index (χ4n) is 1.09. The molecule has 1 aromatic carbocycles. The van der Waals surface area contributed by atoms with Gasteiger partial charge in [0.25, 0.3) is 0 Å². The Morgan fingerprint density at radius 3 is 2.46 bits per heavy atom. The van der Waals surface area contributed by atoms with E-state index >= 15 is 0 Å². The highest BCUT2D eigenvalue weighted by Gasteiger charge is 2.12. The minimum atomic E-state index is -0.498. The molecule has 13 heavy (non-hydrogen) atoms. The van der Waals surface area contributed by atoms with Crippen molar-refractivity contribution >= 4 is 5.91 Å². The lowest BCUT2D eigenvalue weighted by Crippen LogP contribution is -2.46. The quantitative estimate of drug-likeness (QED) is 0.432. The van der Waals surface area contributed by atoms with Gasteiger partial charge >= 0.3 is 0 Å². The smallest absolute Gasteiger partial charge is 0.236 e. The largest absolute Gasteiger partial charge is 0.368 e. The number of hydrazine groups is 1. The van der Waals surface area contributed by atoms with Crippen LogP contribution in [0.4, 0.5) is 0 Å². The topological polar surface area (TPSA) is 81.1 Å². The molecule has 0 unspecified atom stereocenters. The van der Waals surface area contributed by atoms with Crippen LogP contribution in [0.5, 0.6) is 0 Å². The first-order valence-electron chi connectivity index (χ1n) is 4.03. The van der Waals surface area contributed by atoms with Gasteiger partial charge in [-0.15, -0.1) is 0 Å². The molecule has 0 aliphatic carbocycles. The summed E-state index contributed by atoms with van der Waals surface area (Å²) in [4.78, 5) is 10.8. The molecule has 5 N–H and O–H groups in total. The summed E-state index contributed by atoms with van der Waals surface area (Å²) in [5.41, 5.74) is 8.52. The van der Waals surface area contributed by atoms with Gasteiger partial charge in [-0.25, -0.2) is 5.43 Å². The van der Waals surface area contributed by atoms with E-state index in [0.717, 1.165) is 5.56 Å². The first-order valence-corrected chi connectivity index (χ1v) is 4.03. The van der Waals surface area contributed by atoms with E-state index < -0.39 is 11.9 Å². The van der Waals surface area contributed by atoms with E-state index in [4.69, 9.17) is 11.6 Å². The summed E-state index contributed by atoms with van der Waals surface area (Å²) >= 11 is 0. The number of carbonyl (C=O) groups excluding carboxylic acids is 1. The lowest BCUT2D eigenvalue weighted by molar-refractivity contribution is -0.120. The second kappa shape index (κ2) is 4.59. The third-order valence-electron chi connectivity index (χ3n) is 1.83. The van der Waals surface area contributed by atoms with Gasteiger partial charge in [-0.3, -0.25) is 10.6 Å². The highest BCUT2D eigenvalue weighted by Crippen LogP contribution is 2.01. The van der Waals surface area contributed by atoms with Crippen LogP contribution in [0.2, 0.25) is 0 Å². The molecule has 0 spiro atoms. The lowest BCUT2D eigenvalue weighted by atomic mass is 10.1. The molecule has 0 saturated heterocycles. The van der Waals surface area contributed by atoms with E-state index in [0.29, 0.717) is 6.42 Å². The van der Waals surface area contributed by atoms with Crippen molar-refractivity contribution in [1.82, 2.24) is 5.43 Å². The number of rotatable bonds is 4. The number of amides is 1. The number of nitrogens with one attached hydrogen (secondary N) is 1. The van der Waals surface area contributed by atoms with Crippen molar-refractivity contribution in [1.29, 1.82) is 0 Å². The van der Waals surface area contributed by atoms with Gasteiger partial charge in [-0.1, -0.05) is 30.3 Å². The zero-order valence-corrected chi connectivity index (χ0v) is 7.23. The predicted octanol–water partition coefficient (Wildman–Crippen LogP) is -0.454. The fraction of sp³-hybridized carbons (Fsp3) is 0.222. The number of carbonyl (C=O) groups is 1. The van der Waals surface area contributed by atoms with E-state index in [1.165, 1.54) is 0 Å². The number of benzene rings is 1. The van der Waals surface area contributed by atoms with Crippen LogP contribution in [0.3, 0.4) is 0 Å². The SMILES string of the molecule is NN[C@@H](Cc1ccccc1)C(N)=O. The Kier molecular flexibility index (Phi) is 3.42. The number of nitrogens with two attached hydrogens (primary N) is 2. The maximum absolute atomic E-state index is 10.8. The molecule has 1 rings (SSSR count). The van der Waals surface area contributed by atoms with Gasteiger partial charge in [0.1, 0.15) is 6.04 Å². The molecule has 1 atom stereocenters. The van der Waals surface area contributed by atoms with Crippen LogP contribution >= 0.6 is 0 Å². The van der Waals surface area contributed by atoms with Crippen LogP contribution in [0, 0.1) is 0 Å². The Balaban J connectivity index is 2.62. The molecule has 1 aromatic rings. The van der Waals surface area contributed by atoms with Gasteiger partial charge in [0.05, 0.1) is 0 Å². The summed E-state index contributed by atoms with van der Waals surface area (Å²) in [7, 11) is 0. The first-order chi connectivity index (χ1) is 6.24. The average Bonchev–Trinajstić information content (AvgIpc) is 2.15. The van der Waals surface area contributed by atoms with Crippen molar-refractivity contribution < 1.29 is 4.79 Å². The molecule has 0 fully saturated rings. The molecule has 0 aliphatic rings. The van der Waals surface area contributed by atoms with Gasteiger partial charge in [-0.05, 0) is 12.0 Å². The standard InChI is InChI=1S/C9H13N3O/c10-9(13)8(12-11)6-7-4-2-1-3-5-7/h1-5,8,12H,6,11H2,(H2,10,13)/t8-/m0/s1. The summed E-state index contributed by atoms with van der Waals surface area (Å²) in [6, 6.07) is 9.08. The van der Waals surface area contributed by atoms with Crippen molar-refractivity contribution in [2.24, 2.45) is 11.6 Å². The van der Waals surface area contributed by atoms with Crippen LogP contribution in [0.1, 0.15) is 5.56 Å². The summed E-state index contributed by atoms with van der Waals surface area (Å²) < 4.78 is 0. The number of hydrogen-bond donors (Lipinski definition) is 3. The van der Waals surface area contributed by atoms with Gasteiger partial charge in [-0.2, -0.15) is 0 Å². The van der Waals surface area contributed by atoms with Gasteiger partial charge in [0.15, 0.2) is 0 Å². The number of primary amides is 1. The minimum Gasteiger partial charge on any atom is -0.368 e.